The minimum atomic E-state index is -1.34. The van der Waals surface area contributed by atoms with Crippen LogP contribution in [0.4, 0.5) is 4.79 Å². The number of methoxy groups -OCH3 is 2. The van der Waals surface area contributed by atoms with E-state index in [9.17, 15) is 14.4 Å². The number of amides is 2. The smallest absolute Gasteiger partial charge is 0.408 e. The van der Waals surface area contributed by atoms with E-state index in [2.05, 4.69) is 5.32 Å². The van der Waals surface area contributed by atoms with Gasteiger partial charge in [-0.05, 0) is 68.3 Å². The molecule has 0 aliphatic rings. The summed E-state index contributed by atoms with van der Waals surface area (Å²) in [6.45, 7) is 4.69. The highest BCUT2D eigenvalue weighted by Gasteiger charge is 2.27. The molecular formula is C31H36ClN3O9. The normalized spacial score (nSPS) is 11.5. The summed E-state index contributed by atoms with van der Waals surface area (Å²) in [5.74, 6) is 5.33. The van der Waals surface area contributed by atoms with E-state index in [-0.39, 0.29) is 35.3 Å². The minimum Gasteiger partial charge on any atom is -0.497 e. The van der Waals surface area contributed by atoms with Gasteiger partial charge >= 0.3 is 12.1 Å². The van der Waals surface area contributed by atoms with Crippen LogP contribution in [0.3, 0.4) is 0 Å². The van der Waals surface area contributed by atoms with Crippen molar-refractivity contribution in [2.45, 2.75) is 45.6 Å². The maximum absolute atomic E-state index is 13.1. The van der Waals surface area contributed by atoms with Gasteiger partial charge in [-0.2, -0.15) is 0 Å². The highest BCUT2D eigenvalue weighted by Crippen LogP contribution is 2.39. The number of hydrogen-bond donors (Lipinski definition) is 3. The van der Waals surface area contributed by atoms with Crippen LogP contribution in [0.1, 0.15) is 42.3 Å². The number of alkyl carbamates (subject to hydrolysis) is 1. The number of nitrogens with two attached hydrogens (primary N) is 1. The molecule has 0 aromatic heterocycles. The number of nitrogens with one attached hydrogen (secondary N) is 2. The maximum atomic E-state index is 13.1. The molecule has 0 aliphatic carbocycles. The lowest BCUT2D eigenvalue weighted by Crippen LogP contribution is -2.52. The molecule has 0 radical (unpaired) electrons. The summed E-state index contributed by atoms with van der Waals surface area (Å²) in [6, 6.07) is 16.1. The van der Waals surface area contributed by atoms with E-state index in [0.29, 0.717) is 11.5 Å². The fourth-order valence-electron chi connectivity index (χ4n) is 3.67. The second-order valence-corrected chi connectivity index (χ2v) is 10.7. The van der Waals surface area contributed by atoms with Crippen molar-refractivity contribution in [2.24, 2.45) is 5.84 Å². The fourth-order valence-corrected chi connectivity index (χ4v) is 3.96. The number of ether oxygens (including phenoxy) is 6. The van der Waals surface area contributed by atoms with Crippen LogP contribution >= 0.6 is 11.6 Å². The molecule has 0 spiro atoms. The lowest BCUT2D eigenvalue weighted by molar-refractivity contribution is -0.124. The van der Waals surface area contributed by atoms with E-state index in [1.54, 1.807) is 47.1 Å². The minimum absolute atomic E-state index is 0.0580. The lowest BCUT2D eigenvalue weighted by Gasteiger charge is -2.23. The van der Waals surface area contributed by atoms with Crippen LogP contribution in [0.15, 0.2) is 60.7 Å². The molecule has 0 fully saturated rings. The zero-order chi connectivity index (χ0) is 32.3. The summed E-state index contributed by atoms with van der Waals surface area (Å²) < 4.78 is 33.0. The van der Waals surface area contributed by atoms with Crippen LogP contribution in [0.5, 0.6) is 23.0 Å². The third-order valence-corrected chi connectivity index (χ3v) is 6.28. The van der Waals surface area contributed by atoms with Crippen LogP contribution in [-0.2, 0) is 27.5 Å². The van der Waals surface area contributed by atoms with E-state index < -0.39 is 36.2 Å². The van der Waals surface area contributed by atoms with Crippen LogP contribution in [-0.4, -0.2) is 50.4 Å². The molecule has 3 aromatic carbocycles. The van der Waals surface area contributed by atoms with Gasteiger partial charge in [-0.25, -0.2) is 15.4 Å². The van der Waals surface area contributed by atoms with E-state index in [1.165, 1.54) is 12.1 Å². The van der Waals surface area contributed by atoms with Gasteiger partial charge in [-0.15, -0.1) is 0 Å². The number of benzene rings is 3. The number of hydrazine groups is 1. The molecule has 0 bridgehead atoms. The first-order valence-corrected chi connectivity index (χ1v) is 13.8. The molecule has 1 atom stereocenters. The Morgan fingerprint density at radius 1 is 0.841 bits per heavy atom. The van der Waals surface area contributed by atoms with Gasteiger partial charge in [0.1, 0.15) is 48.0 Å². The number of esters is 1. The van der Waals surface area contributed by atoms with E-state index in [0.717, 1.165) is 11.1 Å². The summed E-state index contributed by atoms with van der Waals surface area (Å²) in [5.41, 5.74) is 2.70. The number of rotatable bonds is 13. The first kappa shape index (κ1) is 33.8. The van der Waals surface area contributed by atoms with Gasteiger partial charge in [0, 0.05) is 0 Å². The summed E-state index contributed by atoms with van der Waals surface area (Å²) in [7, 11) is 3.15. The summed E-state index contributed by atoms with van der Waals surface area (Å²) in [6.07, 6.45) is -0.896. The van der Waals surface area contributed by atoms with Crippen molar-refractivity contribution in [1.29, 1.82) is 0 Å². The standard InChI is InChI=1S/C31H36ClN3O9/c1-31(2,3)44-30(38)34-24(28(36)35-33)18-43-29(37)23-14-15-25(41-16-19-6-10-21(39-4)11-7-19)27(26(23)32)42-17-20-8-12-22(40-5)13-9-20/h6-15,24H,16-18,33H2,1-5H3,(H,34,38)(H,35,36). The van der Waals surface area contributed by atoms with Crippen LogP contribution < -0.4 is 35.5 Å². The van der Waals surface area contributed by atoms with Crippen molar-refractivity contribution in [3.63, 3.8) is 0 Å². The van der Waals surface area contributed by atoms with Crippen molar-refractivity contribution < 1.29 is 42.8 Å². The summed E-state index contributed by atoms with van der Waals surface area (Å²) >= 11 is 6.67. The zero-order valence-corrected chi connectivity index (χ0v) is 25.9. The van der Waals surface area contributed by atoms with Crippen LogP contribution in [0.2, 0.25) is 5.02 Å². The van der Waals surface area contributed by atoms with Crippen molar-refractivity contribution in [2.75, 3.05) is 20.8 Å². The Labute approximate surface area is 260 Å². The van der Waals surface area contributed by atoms with Gasteiger partial charge in [-0.1, -0.05) is 35.9 Å². The molecule has 1 unspecified atom stereocenters. The van der Waals surface area contributed by atoms with Gasteiger partial charge in [0.15, 0.2) is 11.5 Å². The molecule has 2 amide bonds. The largest absolute Gasteiger partial charge is 0.497 e. The van der Waals surface area contributed by atoms with Gasteiger partial charge in [0.2, 0.25) is 0 Å². The topological polar surface area (TPSA) is 157 Å². The molecular weight excluding hydrogens is 594 g/mol. The molecule has 0 saturated carbocycles. The Kier molecular flexibility index (Phi) is 12.1. The second-order valence-electron chi connectivity index (χ2n) is 10.3. The summed E-state index contributed by atoms with van der Waals surface area (Å²) in [4.78, 5) is 37.5. The highest BCUT2D eigenvalue weighted by molar-refractivity contribution is 6.35. The predicted octanol–water partition coefficient (Wildman–Crippen LogP) is 4.56. The SMILES string of the molecule is COc1ccc(COc2ccc(C(=O)OCC(NC(=O)OC(C)(C)C)C(=O)NN)c(Cl)c2OCc2ccc(OC)cc2)cc1. The number of hydrogen-bond acceptors (Lipinski definition) is 10. The van der Waals surface area contributed by atoms with E-state index in [4.69, 9.17) is 45.9 Å². The second kappa shape index (κ2) is 15.7. The first-order valence-electron chi connectivity index (χ1n) is 13.4. The Hall–Kier alpha value is -4.68. The average molecular weight is 630 g/mol. The van der Waals surface area contributed by atoms with Gasteiger partial charge in [-0.3, -0.25) is 10.2 Å². The van der Waals surface area contributed by atoms with E-state index in [1.807, 2.05) is 41.8 Å². The predicted molar refractivity (Wildman–Crippen MR) is 162 cm³/mol. The van der Waals surface area contributed by atoms with E-state index >= 15 is 0 Å². The maximum Gasteiger partial charge on any atom is 0.408 e. The molecule has 3 rings (SSSR count). The lowest BCUT2D eigenvalue weighted by atomic mass is 10.2. The Morgan fingerprint density at radius 3 is 1.89 bits per heavy atom. The number of carbonyl (C=O) groups excluding carboxylic acids is 3. The molecule has 4 N–H and O–H groups in total. The first-order chi connectivity index (χ1) is 20.9. The molecule has 3 aromatic rings. The fraction of sp³-hybridized carbons (Fsp3) is 0.323. The molecule has 236 valence electrons. The molecule has 13 heteroatoms. The van der Waals surface area contributed by atoms with Crippen LogP contribution in [0.25, 0.3) is 0 Å². The Balaban J connectivity index is 1.81. The molecule has 0 aliphatic heterocycles. The van der Waals surface area contributed by atoms with Gasteiger partial charge < -0.3 is 33.7 Å². The van der Waals surface area contributed by atoms with Crippen molar-refractivity contribution in [3.8, 4) is 23.0 Å². The van der Waals surface area contributed by atoms with Crippen molar-refractivity contribution >= 4 is 29.6 Å². The average Bonchev–Trinajstić information content (AvgIpc) is 3.00. The van der Waals surface area contributed by atoms with Gasteiger partial charge in [0.05, 0.1) is 19.8 Å². The van der Waals surface area contributed by atoms with Crippen LogP contribution in [0, 0.1) is 0 Å². The Morgan fingerprint density at radius 2 is 1.39 bits per heavy atom. The molecule has 0 heterocycles. The highest BCUT2D eigenvalue weighted by atomic mass is 35.5. The molecule has 12 nitrogen and oxygen atoms in total. The van der Waals surface area contributed by atoms with Crippen molar-refractivity contribution in [3.05, 3.63) is 82.4 Å². The third-order valence-electron chi connectivity index (χ3n) is 5.91. The monoisotopic (exact) mass is 629 g/mol. The number of carbonyl (C=O) groups is 3. The van der Waals surface area contributed by atoms with Gasteiger partial charge in [0.25, 0.3) is 5.91 Å². The summed E-state index contributed by atoms with van der Waals surface area (Å²) in [5, 5.41) is 2.25. The number of halogens is 1. The third kappa shape index (κ3) is 9.96. The Bertz CT molecular complexity index is 1430. The zero-order valence-electron chi connectivity index (χ0n) is 25.1. The quantitative estimate of drug-likeness (QED) is 0.106. The molecule has 44 heavy (non-hydrogen) atoms. The molecule has 0 saturated heterocycles. The van der Waals surface area contributed by atoms with Crippen molar-refractivity contribution in [1.82, 2.24) is 10.7 Å².